The summed E-state index contributed by atoms with van der Waals surface area (Å²) >= 11 is 6.04. The first-order valence-corrected chi connectivity index (χ1v) is 6.33. The molecule has 0 amide bonds. The Morgan fingerprint density at radius 1 is 1.25 bits per heavy atom. The van der Waals surface area contributed by atoms with Crippen molar-refractivity contribution in [3.8, 4) is 0 Å². The minimum atomic E-state index is -1.03. The van der Waals surface area contributed by atoms with Crippen LogP contribution in [0.2, 0.25) is 5.02 Å². The summed E-state index contributed by atoms with van der Waals surface area (Å²) in [5, 5.41) is 17.4. The standard InChI is InChI=1S/C14H10ClN3O2/c15-11-7-10(14(19)20)8-18-12(16-17-13(11)18)6-9-4-2-1-3-5-9/h1-5,7-8H,6H2,(H,19,20). The van der Waals surface area contributed by atoms with Crippen LogP contribution in [0.4, 0.5) is 0 Å². The number of carboxylic acid groups (broad SMARTS) is 1. The predicted molar refractivity (Wildman–Crippen MR) is 74.2 cm³/mol. The maximum absolute atomic E-state index is 11.1. The van der Waals surface area contributed by atoms with Crippen LogP contribution in [0.3, 0.4) is 0 Å². The summed E-state index contributed by atoms with van der Waals surface area (Å²) in [5.74, 6) is -0.385. The molecule has 1 aromatic carbocycles. The number of halogens is 1. The molecule has 2 heterocycles. The van der Waals surface area contributed by atoms with Crippen molar-refractivity contribution < 1.29 is 9.90 Å². The third kappa shape index (κ3) is 2.23. The quantitative estimate of drug-likeness (QED) is 0.804. The molecular formula is C14H10ClN3O2. The molecule has 0 aliphatic rings. The number of aromatic nitrogens is 3. The van der Waals surface area contributed by atoms with E-state index in [2.05, 4.69) is 10.2 Å². The lowest BCUT2D eigenvalue weighted by Gasteiger charge is -2.03. The van der Waals surface area contributed by atoms with Gasteiger partial charge in [-0.3, -0.25) is 4.40 Å². The van der Waals surface area contributed by atoms with Crippen LogP contribution < -0.4 is 0 Å². The summed E-state index contributed by atoms with van der Waals surface area (Å²) in [6, 6.07) is 11.1. The summed E-state index contributed by atoms with van der Waals surface area (Å²) in [6.45, 7) is 0. The van der Waals surface area contributed by atoms with Crippen LogP contribution in [-0.2, 0) is 6.42 Å². The van der Waals surface area contributed by atoms with Gasteiger partial charge < -0.3 is 5.11 Å². The monoisotopic (exact) mass is 287 g/mol. The SMILES string of the molecule is O=C(O)c1cc(Cl)c2nnc(Cc3ccccc3)n2c1. The Labute approximate surface area is 119 Å². The normalized spacial score (nSPS) is 10.8. The topological polar surface area (TPSA) is 67.5 Å². The minimum Gasteiger partial charge on any atom is -0.478 e. The third-order valence-corrected chi connectivity index (χ3v) is 3.26. The lowest BCUT2D eigenvalue weighted by atomic mass is 10.1. The van der Waals surface area contributed by atoms with Gasteiger partial charge in [-0.2, -0.15) is 0 Å². The van der Waals surface area contributed by atoms with Gasteiger partial charge in [0.05, 0.1) is 10.6 Å². The number of hydrogen-bond acceptors (Lipinski definition) is 3. The van der Waals surface area contributed by atoms with E-state index in [1.807, 2.05) is 30.3 Å². The molecular weight excluding hydrogens is 278 g/mol. The van der Waals surface area contributed by atoms with Crippen LogP contribution in [-0.4, -0.2) is 25.7 Å². The third-order valence-electron chi connectivity index (χ3n) is 2.98. The fourth-order valence-corrected chi connectivity index (χ4v) is 2.26. The van der Waals surface area contributed by atoms with E-state index < -0.39 is 5.97 Å². The number of fused-ring (bicyclic) bond motifs is 1. The van der Waals surface area contributed by atoms with Crippen molar-refractivity contribution in [2.24, 2.45) is 0 Å². The first kappa shape index (κ1) is 12.6. The van der Waals surface area contributed by atoms with Crippen molar-refractivity contribution in [1.29, 1.82) is 0 Å². The van der Waals surface area contributed by atoms with Gasteiger partial charge in [-0.25, -0.2) is 4.79 Å². The van der Waals surface area contributed by atoms with Crippen molar-refractivity contribution >= 4 is 23.2 Å². The van der Waals surface area contributed by atoms with Gasteiger partial charge in [0, 0.05) is 12.6 Å². The van der Waals surface area contributed by atoms with E-state index in [4.69, 9.17) is 16.7 Å². The maximum Gasteiger partial charge on any atom is 0.337 e. The Kier molecular flexibility index (Phi) is 3.12. The second-order valence-corrected chi connectivity index (χ2v) is 4.76. The number of pyridine rings is 1. The molecule has 5 nitrogen and oxygen atoms in total. The molecule has 3 aromatic rings. The average molecular weight is 288 g/mol. The molecule has 20 heavy (non-hydrogen) atoms. The van der Waals surface area contributed by atoms with E-state index in [0.717, 1.165) is 5.56 Å². The number of benzene rings is 1. The molecule has 0 fully saturated rings. The average Bonchev–Trinajstić information content (AvgIpc) is 2.84. The molecule has 0 bridgehead atoms. The Balaban J connectivity index is 2.10. The smallest absolute Gasteiger partial charge is 0.337 e. The second-order valence-electron chi connectivity index (χ2n) is 4.35. The zero-order valence-electron chi connectivity index (χ0n) is 10.3. The second kappa shape index (κ2) is 4.94. The van der Waals surface area contributed by atoms with Gasteiger partial charge in [-0.1, -0.05) is 41.9 Å². The van der Waals surface area contributed by atoms with Gasteiger partial charge in [0.15, 0.2) is 5.65 Å². The fraction of sp³-hybridized carbons (Fsp3) is 0.0714. The molecule has 3 rings (SSSR count). The minimum absolute atomic E-state index is 0.108. The first-order chi connectivity index (χ1) is 9.65. The fourth-order valence-electron chi connectivity index (χ4n) is 2.02. The summed E-state index contributed by atoms with van der Waals surface area (Å²) in [5.41, 5.74) is 1.64. The van der Waals surface area contributed by atoms with Gasteiger partial charge in [0.2, 0.25) is 0 Å². The molecule has 0 radical (unpaired) electrons. The number of rotatable bonds is 3. The van der Waals surface area contributed by atoms with E-state index in [0.29, 0.717) is 17.9 Å². The lowest BCUT2D eigenvalue weighted by Crippen LogP contribution is -2.02. The highest BCUT2D eigenvalue weighted by molar-refractivity contribution is 6.33. The van der Waals surface area contributed by atoms with E-state index in [9.17, 15) is 4.79 Å². The van der Waals surface area contributed by atoms with Crippen LogP contribution in [0, 0.1) is 0 Å². The van der Waals surface area contributed by atoms with Gasteiger partial charge in [-0.05, 0) is 11.6 Å². The van der Waals surface area contributed by atoms with Crippen LogP contribution in [0.15, 0.2) is 42.6 Å². The molecule has 0 spiro atoms. The van der Waals surface area contributed by atoms with Crippen LogP contribution in [0.1, 0.15) is 21.7 Å². The van der Waals surface area contributed by atoms with Gasteiger partial charge in [0.25, 0.3) is 0 Å². The van der Waals surface area contributed by atoms with Crippen molar-refractivity contribution in [1.82, 2.24) is 14.6 Å². The summed E-state index contributed by atoms with van der Waals surface area (Å²) in [4.78, 5) is 11.1. The van der Waals surface area contributed by atoms with Crippen LogP contribution >= 0.6 is 11.6 Å². The lowest BCUT2D eigenvalue weighted by molar-refractivity contribution is 0.0696. The zero-order chi connectivity index (χ0) is 14.1. The Bertz CT molecular complexity index is 784. The van der Waals surface area contributed by atoms with Crippen molar-refractivity contribution in [2.75, 3.05) is 0 Å². The molecule has 1 N–H and O–H groups in total. The molecule has 2 aromatic heterocycles. The molecule has 0 atom stereocenters. The molecule has 0 aliphatic carbocycles. The van der Waals surface area contributed by atoms with Crippen LogP contribution in [0.5, 0.6) is 0 Å². The Hall–Kier alpha value is -2.40. The van der Waals surface area contributed by atoms with Crippen LogP contribution in [0.25, 0.3) is 5.65 Å². The highest BCUT2D eigenvalue weighted by Gasteiger charge is 2.13. The predicted octanol–water partition coefficient (Wildman–Crippen LogP) is 2.67. The number of hydrogen-bond donors (Lipinski definition) is 1. The Morgan fingerprint density at radius 2 is 2.00 bits per heavy atom. The van der Waals surface area contributed by atoms with E-state index in [1.165, 1.54) is 12.3 Å². The zero-order valence-corrected chi connectivity index (χ0v) is 11.1. The summed E-state index contributed by atoms with van der Waals surface area (Å²) < 4.78 is 1.62. The number of nitrogens with zero attached hydrogens (tertiary/aromatic N) is 3. The number of carboxylic acids is 1. The van der Waals surface area contributed by atoms with E-state index >= 15 is 0 Å². The molecule has 0 saturated carbocycles. The number of aromatic carboxylic acids is 1. The molecule has 6 heteroatoms. The van der Waals surface area contributed by atoms with Gasteiger partial charge in [0.1, 0.15) is 5.82 Å². The molecule has 100 valence electrons. The molecule has 0 aliphatic heterocycles. The van der Waals surface area contributed by atoms with E-state index in [-0.39, 0.29) is 10.6 Å². The molecule has 0 unspecified atom stereocenters. The van der Waals surface area contributed by atoms with Gasteiger partial charge in [-0.15, -0.1) is 10.2 Å². The van der Waals surface area contributed by atoms with Crippen molar-refractivity contribution in [2.45, 2.75) is 6.42 Å². The number of carbonyl (C=O) groups is 1. The van der Waals surface area contributed by atoms with E-state index in [1.54, 1.807) is 4.40 Å². The van der Waals surface area contributed by atoms with Gasteiger partial charge >= 0.3 is 5.97 Å². The maximum atomic E-state index is 11.1. The molecule has 0 saturated heterocycles. The largest absolute Gasteiger partial charge is 0.478 e. The van der Waals surface area contributed by atoms with Crippen molar-refractivity contribution in [3.63, 3.8) is 0 Å². The summed E-state index contributed by atoms with van der Waals surface area (Å²) in [7, 11) is 0. The van der Waals surface area contributed by atoms with Crippen molar-refractivity contribution in [3.05, 3.63) is 64.6 Å². The first-order valence-electron chi connectivity index (χ1n) is 5.95. The summed E-state index contributed by atoms with van der Waals surface area (Å²) in [6.07, 6.45) is 2.04. The Morgan fingerprint density at radius 3 is 2.70 bits per heavy atom. The highest BCUT2D eigenvalue weighted by atomic mass is 35.5. The highest BCUT2D eigenvalue weighted by Crippen LogP contribution is 2.19.